The standard InChI is InChI=1S/C19H22N2OS/c1-20-17(14-8-11-15-9-4-2-5-10-15)18(22)21(19(20)23)16-12-6-3-7-13-16/h2,4-5,8-11,14,16H,3,6-7,12-13H2,1H3/b11-8+,17-14-. The average molecular weight is 326 g/mol. The van der Waals surface area contributed by atoms with Crippen LogP contribution in [0.2, 0.25) is 0 Å². The Morgan fingerprint density at radius 1 is 1.13 bits per heavy atom. The summed E-state index contributed by atoms with van der Waals surface area (Å²) in [5.74, 6) is 0.0436. The molecule has 1 saturated heterocycles. The molecule has 3 rings (SSSR count). The van der Waals surface area contributed by atoms with E-state index in [1.165, 1.54) is 19.3 Å². The Bertz CT molecular complexity index is 645. The molecule has 0 unspecified atom stereocenters. The number of hydrogen-bond acceptors (Lipinski definition) is 2. The number of amides is 1. The summed E-state index contributed by atoms with van der Waals surface area (Å²) in [4.78, 5) is 16.4. The summed E-state index contributed by atoms with van der Waals surface area (Å²) in [6, 6.07) is 10.3. The normalized spacial score (nSPS) is 21.9. The lowest BCUT2D eigenvalue weighted by atomic mass is 9.94. The van der Waals surface area contributed by atoms with Gasteiger partial charge in [0.1, 0.15) is 5.70 Å². The highest BCUT2D eigenvalue weighted by Crippen LogP contribution is 2.29. The van der Waals surface area contributed by atoms with Gasteiger partial charge in [0.2, 0.25) is 0 Å². The quantitative estimate of drug-likeness (QED) is 0.620. The van der Waals surface area contributed by atoms with Crippen LogP contribution in [0.1, 0.15) is 37.7 Å². The van der Waals surface area contributed by atoms with Crippen molar-refractivity contribution in [1.29, 1.82) is 0 Å². The van der Waals surface area contributed by atoms with Gasteiger partial charge >= 0.3 is 0 Å². The van der Waals surface area contributed by atoms with Gasteiger partial charge in [0.05, 0.1) is 0 Å². The molecule has 120 valence electrons. The lowest BCUT2D eigenvalue weighted by Crippen LogP contribution is -2.41. The lowest BCUT2D eigenvalue weighted by Gasteiger charge is -2.30. The van der Waals surface area contributed by atoms with Gasteiger partial charge in [-0.25, -0.2) is 0 Å². The highest BCUT2D eigenvalue weighted by atomic mass is 32.1. The summed E-state index contributed by atoms with van der Waals surface area (Å²) in [5, 5.41) is 0.640. The molecule has 1 aliphatic carbocycles. The van der Waals surface area contributed by atoms with E-state index in [1.807, 2.05) is 65.4 Å². The number of hydrogen-bond donors (Lipinski definition) is 0. The van der Waals surface area contributed by atoms with Crippen molar-refractivity contribution < 1.29 is 4.79 Å². The number of carbonyl (C=O) groups is 1. The number of allylic oxidation sites excluding steroid dienone is 2. The molecule has 1 amide bonds. The molecule has 23 heavy (non-hydrogen) atoms. The second-order valence-corrected chi connectivity index (χ2v) is 6.50. The minimum atomic E-state index is 0.0436. The maximum atomic E-state index is 12.8. The Morgan fingerprint density at radius 3 is 2.52 bits per heavy atom. The third kappa shape index (κ3) is 3.37. The van der Waals surface area contributed by atoms with Gasteiger partial charge in [0.25, 0.3) is 5.91 Å². The summed E-state index contributed by atoms with van der Waals surface area (Å²) >= 11 is 5.51. The molecule has 3 nitrogen and oxygen atoms in total. The minimum Gasteiger partial charge on any atom is -0.317 e. The molecule has 0 radical (unpaired) electrons. The topological polar surface area (TPSA) is 23.6 Å². The van der Waals surface area contributed by atoms with Crippen molar-refractivity contribution in [3.05, 3.63) is 53.7 Å². The summed E-state index contributed by atoms with van der Waals surface area (Å²) in [7, 11) is 1.88. The molecule has 0 bridgehead atoms. The van der Waals surface area contributed by atoms with Gasteiger partial charge < -0.3 is 4.90 Å². The zero-order valence-electron chi connectivity index (χ0n) is 13.4. The Kier molecular flexibility index (Phi) is 4.91. The summed E-state index contributed by atoms with van der Waals surface area (Å²) in [6.07, 6.45) is 11.6. The van der Waals surface area contributed by atoms with Gasteiger partial charge in [-0.3, -0.25) is 9.69 Å². The second kappa shape index (κ2) is 7.09. The van der Waals surface area contributed by atoms with Gasteiger partial charge in [0.15, 0.2) is 5.11 Å². The molecular weight excluding hydrogens is 304 g/mol. The zero-order valence-corrected chi connectivity index (χ0v) is 14.3. The number of thiocarbonyl (C=S) groups is 1. The number of carbonyl (C=O) groups excluding carboxylic acids is 1. The SMILES string of the molecule is CN1C(=S)N(C2CCCCC2)C(=O)/C1=C/C=C/c1ccccc1. The number of benzene rings is 1. The highest BCUT2D eigenvalue weighted by Gasteiger charge is 2.39. The van der Waals surface area contributed by atoms with Crippen molar-refractivity contribution in [1.82, 2.24) is 9.80 Å². The highest BCUT2D eigenvalue weighted by molar-refractivity contribution is 7.80. The minimum absolute atomic E-state index is 0.0436. The third-order valence-corrected chi connectivity index (χ3v) is 5.05. The molecule has 4 heteroatoms. The fourth-order valence-corrected chi connectivity index (χ4v) is 3.61. The van der Waals surface area contributed by atoms with Crippen LogP contribution in [0.15, 0.2) is 48.2 Å². The van der Waals surface area contributed by atoms with Gasteiger partial charge in [-0.2, -0.15) is 0 Å². The van der Waals surface area contributed by atoms with Gasteiger partial charge in [-0.15, -0.1) is 0 Å². The number of rotatable bonds is 3. The second-order valence-electron chi connectivity index (χ2n) is 6.13. The number of nitrogens with zero attached hydrogens (tertiary/aromatic N) is 2. The monoisotopic (exact) mass is 326 g/mol. The van der Waals surface area contributed by atoms with E-state index in [0.717, 1.165) is 18.4 Å². The molecule has 1 aliphatic heterocycles. The van der Waals surface area contributed by atoms with E-state index in [4.69, 9.17) is 12.2 Å². The molecule has 1 aromatic carbocycles. The number of likely N-dealkylation sites (N-methyl/N-ethyl adjacent to an activating group) is 1. The van der Waals surface area contributed by atoms with Crippen LogP contribution in [0.4, 0.5) is 0 Å². The largest absolute Gasteiger partial charge is 0.317 e. The van der Waals surface area contributed by atoms with E-state index >= 15 is 0 Å². The van der Waals surface area contributed by atoms with Crippen LogP contribution in [0.3, 0.4) is 0 Å². The summed E-state index contributed by atoms with van der Waals surface area (Å²) in [6.45, 7) is 0. The van der Waals surface area contributed by atoms with Crippen LogP contribution in [0.25, 0.3) is 6.08 Å². The first kappa shape index (κ1) is 15.9. The maximum absolute atomic E-state index is 12.8. The predicted octanol–water partition coefficient (Wildman–Crippen LogP) is 3.98. The smallest absolute Gasteiger partial charge is 0.276 e. The van der Waals surface area contributed by atoms with E-state index in [2.05, 4.69) is 0 Å². The fraction of sp³-hybridized carbons (Fsp3) is 0.368. The molecular formula is C19H22N2OS. The van der Waals surface area contributed by atoms with E-state index in [1.54, 1.807) is 0 Å². The molecule has 0 N–H and O–H groups in total. The molecule has 1 heterocycles. The van der Waals surface area contributed by atoms with E-state index < -0.39 is 0 Å². The molecule has 0 atom stereocenters. The third-order valence-electron chi connectivity index (χ3n) is 4.57. The van der Waals surface area contributed by atoms with E-state index in [0.29, 0.717) is 10.8 Å². The van der Waals surface area contributed by atoms with Crippen LogP contribution in [-0.4, -0.2) is 33.9 Å². The van der Waals surface area contributed by atoms with Crippen molar-refractivity contribution >= 4 is 29.3 Å². The van der Waals surface area contributed by atoms with Crippen molar-refractivity contribution in [2.45, 2.75) is 38.1 Å². The first-order valence-electron chi connectivity index (χ1n) is 8.23. The Balaban J connectivity index is 1.77. The van der Waals surface area contributed by atoms with Crippen LogP contribution in [0, 0.1) is 0 Å². The van der Waals surface area contributed by atoms with Crippen LogP contribution in [-0.2, 0) is 4.79 Å². The molecule has 1 aromatic rings. The molecule has 0 spiro atoms. The predicted molar refractivity (Wildman–Crippen MR) is 97.6 cm³/mol. The average Bonchev–Trinajstić information content (AvgIpc) is 2.80. The van der Waals surface area contributed by atoms with Crippen LogP contribution < -0.4 is 0 Å². The van der Waals surface area contributed by atoms with Gasteiger partial charge in [-0.05, 0) is 36.7 Å². The molecule has 2 aliphatic rings. The van der Waals surface area contributed by atoms with Crippen molar-refractivity contribution in [2.24, 2.45) is 0 Å². The molecule has 1 saturated carbocycles. The first-order chi connectivity index (χ1) is 11.2. The zero-order chi connectivity index (χ0) is 16.2. The summed E-state index contributed by atoms with van der Waals surface area (Å²) < 4.78 is 0. The fourth-order valence-electron chi connectivity index (χ4n) is 3.28. The molecule has 2 fully saturated rings. The van der Waals surface area contributed by atoms with Crippen molar-refractivity contribution in [3.63, 3.8) is 0 Å². The summed E-state index contributed by atoms with van der Waals surface area (Å²) in [5.41, 5.74) is 1.77. The van der Waals surface area contributed by atoms with E-state index in [9.17, 15) is 4.79 Å². The first-order valence-corrected chi connectivity index (χ1v) is 8.64. The Morgan fingerprint density at radius 2 is 1.83 bits per heavy atom. The van der Waals surface area contributed by atoms with Gasteiger partial charge in [-0.1, -0.05) is 61.7 Å². The maximum Gasteiger partial charge on any atom is 0.276 e. The van der Waals surface area contributed by atoms with Gasteiger partial charge in [0, 0.05) is 13.1 Å². The van der Waals surface area contributed by atoms with Crippen LogP contribution in [0.5, 0.6) is 0 Å². The Labute approximate surface area is 143 Å². The van der Waals surface area contributed by atoms with E-state index in [-0.39, 0.29) is 11.9 Å². The van der Waals surface area contributed by atoms with Crippen LogP contribution >= 0.6 is 12.2 Å². The Hall–Kier alpha value is -1.94. The lowest BCUT2D eigenvalue weighted by molar-refractivity contribution is -0.124. The molecule has 0 aromatic heterocycles. The van der Waals surface area contributed by atoms with Crippen molar-refractivity contribution in [2.75, 3.05) is 7.05 Å². The van der Waals surface area contributed by atoms with Crippen molar-refractivity contribution in [3.8, 4) is 0 Å².